The molecule has 0 unspecified atom stereocenters. The van der Waals surface area contributed by atoms with E-state index in [1.54, 1.807) is 12.3 Å². The topological polar surface area (TPSA) is 33.4 Å². The standard InChI is InChI=1S/C14H14O2/c1-11(8-9-15)12-4-6-13(7-5-12)14-3-2-10-16-14/h2-8,10,15H,9H2,1H3/b11-8+. The van der Waals surface area contributed by atoms with Crippen molar-refractivity contribution in [1.82, 2.24) is 0 Å². The molecule has 0 saturated heterocycles. The van der Waals surface area contributed by atoms with E-state index in [1.165, 1.54) is 0 Å². The normalized spacial score (nSPS) is 11.8. The lowest BCUT2D eigenvalue weighted by Crippen LogP contribution is -1.82. The van der Waals surface area contributed by atoms with Gasteiger partial charge in [0.1, 0.15) is 5.76 Å². The first-order chi connectivity index (χ1) is 7.81. The van der Waals surface area contributed by atoms with E-state index in [9.17, 15) is 0 Å². The van der Waals surface area contributed by atoms with Crippen LogP contribution >= 0.6 is 0 Å². The van der Waals surface area contributed by atoms with Crippen LogP contribution in [0.15, 0.2) is 53.2 Å². The Morgan fingerprint density at radius 2 is 2.00 bits per heavy atom. The first kappa shape index (κ1) is 10.7. The van der Waals surface area contributed by atoms with Crippen molar-refractivity contribution < 1.29 is 9.52 Å². The van der Waals surface area contributed by atoms with Gasteiger partial charge in [0.05, 0.1) is 12.9 Å². The average Bonchev–Trinajstić information content (AvgIpc) is 2.83. The molecule has 82 valence electrons. The molecule has 2 heteroatoms. The molecule has 2 rings (SSSR count). The summed E-state index contributed by atoms with van der Waals surface area (Å²) in [7, 11) is 0. The van der Waals surface area contributed by atoms with Crippen LogP contribution in [0.2, 0.25) is 0 Å². The largest absolute Gasteiger partial charge is 0.464 e. The van der Waals surface area contributed by atoms with Crippen molar-refractivity contribution in [2.24, 2.45) is 0 Å². The predicted molar refractivity (Wildman–Crippen MR) is 64.9 cm³/mol. The molecule has 1 aromatic heterocycles. The molecule has 0 atom stereocenters. The van der Waals surface area contributed by atoms with Gasteiger partial charge in [-0.1, -0.05) is 30.3 Å². The Bertz CT molecular complexity index is 464. The maximum atomic E-state index is 8.81. The summed E-state index contributed by atoms with van der Waals surface area (Å²) in [5, 5.41) is 8.81. The summed E-state index contributed by atoms with van der Waals surface area (Å²) in [6.45, 7) is 2.06. The van der Waals surface area contributed by atoms with Gasteiger partial charge in [-0.05, 0) is 30.2 Å². The smallest absolute Gasteiger partial charge is 0.133 e. The molecule has 2 aromatic rings. The minimum atomic E-state index is 0.0752. The van der Waals surface area contributed by atoms with Crippen LogP contribution in [0.3, 0.4) is 0 Å². The first-order valence-corrected chi connectivity index (χ1v) is 5.23. The molecule has 0 aliphatic heterocycles. The van der Waals surface area contributed by atoms with Crippen LogP contribution in [0.4, 0.5) is 0 Å². The lowest BCUT2D eigenvalue weighted by molar-refractivity contribution is 0.343. The monoisotopic (exact) mass is 214 g/mol. The SMILES string of the molecule is C/C(=C\CO)c1ccc(-c2ccco2)cc1. The van der Waals surface area contributed by atoms with E-state index in [2.05, 4.69) is 0 Å². The molecule has 2 nitrogen and oxygen atoms in total. The maximum Gasteiger partial charge on any atom is 0.133 e. The summed E-state index contributed by atoms with van der Waals surface area (Å²) < 4.78 is 5.31. The minimum Gasteiger partial charge on any atom is -0.464 e. The molecule has 0 aliphatic carbocycles. The third kappa shape index (κ3) is 2.23. The molecule has 0 bridgehead atoms. The fourth-order valence-electron chi connectivity index (χ4n) is 1.59. The summed E-state index contributed by atoms with van der Waals surface area (Å²) in [6.07, 6.45) is 3.46. The highest BCUT2D eigenvalue weighted by atomic mass is 16.3. The Morgan fingerprint density at radius 3 is 2.56 bits per heavy atom. The number of rotatable bonds is 3. The van der Waals surface area contributed by atoms with Gasteiger partial charge in [-0.3, -0.25) is 0 Å². The van der Waals surface area contributed by atoms with Gasteiger partial charge < -0.3 is 9.52 Å². The van der Waals surface area contributed by atoms with E-state index in [0.717, 1.165) is 22.5 Å². The molecule has 1 heterocycles. The molecular formula is C14H14O2. The second-order valence-electron chi connectivity index (χ2n) is 3.62. The number of hydrogen-bond donors (Lipinski definition) is 1. The van der Waals surface area contributed by atoms with Gasteiger partial charge in [0, 0.05) is 5.56 Å². The van der Waals surface area contributed by atoms with Gasteiger partial charge >= 0.3 is 0 Å². The number of benzene rings is 1. The molecule has 0 spiro atoms. The Kier molecular flexibility index (Phi) is 3.22. The Morgan fingerprint density at radius 1 is 1.25 bits per heavy atom. The minimum absolute atomic E-state index is 0.0752. The predicted octanol–water partition coefficient (Wildman–Crippen LogP) is 3.34. The van der Waals surface area contributed by atoms with Crippen LogP contribution in [-0.4, -0.2) is 11.7 Å². The van der Waals surface area contributed by atoms with Crippen LogP contribution in [-0.2, 0) is 0 Å². The van der Waals surface area contributed by atoms with E-state index < -0.39 is 0 Å². The van der Waals surface area contributed by atoms with Crippen molar-refractivity contribution in [2.75, 3.05) is 6.61 Å². The fraction of sp³-hybridized carbons (Fsp3) is 0.143. The zero-order valence-electron chi connectivity index (χ0n) is 9.18. The number of aliphatic hydroxyl groups is 1. The summed E-state index contributed by atoms with van der Waals surface area (Å²) in [4.78, 5) is 0. The summed E-state index contributed by atoms with van der Waals surface area (Å²) in [5.41, 5.74) is 3.25. The highest BCUT2D eigenvalue weighted by Gasteiger charge is 2.00. The van der Waals surface area contributed by atoms with Crippen molar-refractivity contribution in [3.05, 3.63) is 54.3 Å². The Labute approximate surface area is 94.8 Å². The third-order valence-electron chi connectivity index (χ3n) is 2.54. The van der Waals surface area contributed by atoms with E-state index in [-0.39, 0.29) is 6.61 Å². The van der Waals surface area contributed by atoms with Crippen molar-refractivity contribution >= 4 is 5.57 Å². The van der Waals surface area contributed by atoms with Crippen molar-refractivity contribution in [3.63, 3.8) is 0 Å². The zero-order valence-corrected chi connectivity index (χ0v) is 9.18. The molecule has 1 aromatic carbocycles. The molecule has 0 saturated carbocycles. The van der Waals surface area contributed by atoms with Crippen molar-refractivity contribution in [1.29, 1.82) is 0 Å². The van der Waals surface area contributed by atoms with Gasteiger partial charge in [-0.2, -0.15) is 0 Å². The maximum absolute atomic E-state index is 8.81. The number of hydrogen-bond acceptors (Lipinski definition) is 2. The van der Waals surface area contributed by atoms with E-state index in [0.29, 0.717) is 0 Å². The summed E-state index contributed by atoms with van der Waals surface area (Å²) in [6, 6.07) is 11.9. The van der Waals surface area contributed by atoms with E-state index in [1.807, 2.05) is 43.3 Å². The van der Waals surface area contributed by atoms with Crippen LogP contribution in [0.25, 0.3) is 16.9 Å². The average molecular weight is 214 g/mol. The number of furan rings is 1. The molecular weight excluding hydrogens is 200 g/mol. The second kappa shape index (κ2) is 4.81. The quantitative estimate of drug-likeness (QED) is 0.850. The van der Waals surface area contributed by atoms with E-state index in [4.69, 9.17) is 9.52 Å². The second-order valence-corrected chi connectivity index (χ2v) is 3.62. The van der Waals surface area contributed by atoms with Crippen LogP contribution in [0.5, 0.6) is 0 Å². The van der Waals surface area contributed by atoms with Crippen molar-refractivity contribution in [3.8, 4) is 11.3 Å². The molecule has 0 amide bonds. The van der Waals surface area contributed by atoms with Crippen LogP contribution < -0.4 is 0 Å². The summed E-state index contributed by atoms with van der Waals surface area (Å²) in [5.74, 6) is 0.871. The van der Waals surface area contributed by atoms with Gasteiger partial charge in [-0.25, -0.2) is 0 Å². The molecule has 0 radical (unpaired) electrons. The first-order valence-electron chi connectivity index (χ1n) is 5.23. The lowest BCUT2D eigenvalue weighted by atomic mass is 10.0. The lowest BCUT2D eigenvalue weighted by Gasteiger charge is -2.02. The third-order valence-corrected chi connectivity index (χ3v) is 2.54. The summed E-state index contributed by atoms with van der Waals surface area (Å²) >= 11 is 0. The molecule has 16 heavy (non-hydrogen) atoms. The number of aliphatic hydroxyl groups excluding tert-OH is 1. The zero-order chi connectivity index (χ0) is 11.4. The molecule has 0 aliphatic rings. The van der Waals surface area contributed by atoms with Gasteiger partial charge in [0.2, 0.25) is 0 Å². The Balaban J connectivity index is 2.26. The molecule has 1 N–H and O–H groups in total. The fourth-order valence-corrected chi connectivity index (χ4v) is 1.59. The highest BCUT2D eigenvalue weighted by Crippen LogP contribution is 2.22. The highest BCUT2D eigenvalue weighted by molar-refractivity contribution is 5.67. The van der Waals surface area contributed by atoms with Gasteiger partial charge in [0.15, 0.2) is 0 Å². The Hall–Kier alpha value is -1.80. The van der Waals surface area contributed by atoms with Crippen LogP contribution in [0, 0.1) is 0 Å². The number of allylic oxidation sites excluding steroid dienone is 1. The van der Waals surface area contributed by atoms with Crippen molar-refractivity contribution in [2.45, 2.75) is 6.92 Å². The van der Waals surface area contributed by atoms with Gasteiger partial charge in [0.25, 0.3) is 0 Å². The van der Waals surface area contributed by atoms with E-state index >= 15 is 0 Å². The van der Waals surface area contributed by atoms with Gasteiger partial charge in [-0.15, -0.1) is 0 Å². The molecule has 0 fully saturated rings. The van der Waals surface area contributed by atoms with Crippen LogP contribution in [0.1, 0.15) is 12.5 Å².